The Morgan fingerprint density at radius 1 is 1.06 bits per heavy atom. The Kier molecular flexibility index (Phi) is 7.17. The van der Waals surface area contributed by atoms with E-state index in [1.807, 2.05) is 0 Å². The summed E-state index contributed by atoms with van der Waals surface area (Å²) < 4.78 is 34.4. The van der Waals surface area contributed by atoms with Gasteiger partial charge in [-0.05, 0) is 42.7 Å². The maximum atomic E-state index is 12.5. The molecule has 9 heteroatoms. The molecule has 0 bridgehead atoms. The highest BCUT2D eigenvalue weighted by Crippen LogP contribution is 2.29. The van der Waals surface area contributed by atoms with Crippen LogP contribution in [0.4, 0.5) is 8.78 Å². The van der Waals surface area contributed by atoms with Crippen LogP contribution in [0, 0.1) is 0 Å². The van der Waals surface area contributed by atoms with Crippen molar-refractivity contribution < 1.29 is 32.6 Å². The predicted molar refractivity (Wildman–Crippen MR) is 107 cm³/mol. The summed E-state index contributed by atoms with van der Waals surface area (Å²) in [5, 5.41) is 2.74. The minimum absolute atomic E-state index is 0.0673. The predicted octanol–water partition coefficient (Wildman–Crippen LogP) is 3.03. The minimum atomic E-state index is -2.97. The fourth-order valence-electron chi connectivity index (χ4n) is 3.34. The minimum Gasteiger partial charge on any atom is -0.493 e. The number of hydrogen-bond donors (Lipinski definition) is 1. The van der Waals surface area contributed by atoms with E-state index in [1.54, 1.807) is 30.3 Å². The first-order valence-electron chi connectivity index (χ1n) is 9.74. The van der Waals surface area contributed by atoms with Crippen LogP contribution in [0.25, 0.3) is 0 Å². The van der Waals surface area contributed by atoms with Crippen LogP contribution in [-0.4, -0.2) is 49.4 Å². The summed E-state index contributed by atoms with van der Waals surface area (Å²) in [7, 11) is 1.36. The number of rotatable bonds is 10. The lowest BCUT2D eigenvalue weighted by atomic mass is 10.1. The Morgan fingerprint density at radius 2 is 1.74 bits per heavy atom. The van der Waals surface area contributed by atoms with Crippen molar-refractivity contribution >= 4 is 17.7 Å². The second-order valence-electron chi connectivity index (χ2n) is 6.87. The van der Waals surface area contributed by atoms with Crippen LogP contribution < -0.4 is 14.8 Å². The fraction of sp³-hybridized carbons (Fsp3) is 0.318. The summed E-state index contributed by atoms with van der Waals surface area (Å²) >= 11 is 0. The van der Waals surface area contributed by atoms with E-state index in [4.69, 9.17) is 4.74 Å². The molecule has 3 amide bonds. The zero-order valence-corrected chi connectivity index (χ0v) is 16.9. The lowest BCUT2D eigenvalue weighted by Gasteiger charge is -2.13. The van der Waals surface area contributed by atoms with Crippen LogP contribution in [0.2, 0.25) is 0 Å². The van der Waals surface area contributed by atoms with Crippen LogP contribution in [0.3, 0.4) is 0 Å². The average Bonchev–Trinajstić information content (AvgIpc) is 2.99. The molecule has 1 heterocycles. The summed E-state index contributed by atoms with van der Waals surface area (Å²) in [6, 6.07) is 11.3. The number of imide groups is 1. The highest BCUT2D eigenvalue weighted by Gasteiger charge is 2.34. The first kappa shape index (κ1) is 22.2. The maximum absolute atomic E-state index is 12.5. The van der Waals surface area contributed by atoms with Gasteiger partial charge >= 0.3 is 6.61 Å². The van der Waals surface area contributed by atoms with Crippen molar-refractivity contribution in [3.8, 4) is 11.5 Å². The van der Waals surface area contributed by atoms with E-state index in [-0.39, 0.29) is 42.2 Å². The van der Waals surface area contributed by atoms with Gasteiger partial charge < -0.3 is 14.8 Å². The van der Waals surface area contributed by atoms with Crippen LogP contribution in [0.1, 0.15) is 39.1 Å². The number of hydrogen-bond acceptors (Lipinski definition) is 5. The lowest BCUT2D eigenvalue weighted by Crippen LogP contribution is -2.32. The summed E-state index contributed by atoms with van der Waals surface area (Å²) in [4.78, 5) is 37.8. The van der Waals surface area contributed by atoms with E-state index < -0.39 is 6.61 Å². The number of fused-ring (bicyclic) bond motifs is 1. The Hall–Kier alpha value is -3.49. The first-order valence-corrected chi connectivity index (χ1v) is 9.74. The number of amides is 3. The van der Waals surface area contributed by atoms with E-state index in [0.717, 1.165) is 4.90 Å². The zero-order valence-electron chi connectivity index (χ0n) is 16.9. The molecule has 0 saturated heterocycles. The number of halogens is 2. The van der Waals surface area contributed by atoms with E-state index in [9.17, 15) is 23.2 Å². The first-order chi connectivity index (χ1) is 14.9. The molecular weight excluding hydrogens is 410 g/mol. The number of nitrogens with zero attached hydrogens (tertiary/aromatic N) is 1. The molecule has 0 spiro atoms. The van der Waals surface area contributed by atoms with Gasteiger partial charge in [0, 0.05) is 19.5 Å². The third kappa shape index (κ3) is 5.36. The normalized spacial score (nSPS) is 12.8. The molecule has 2 aromatic carbocycles. The van der Waals surface area contributed by atoms with Crippen molar-refractivity contribution in [1.82, 2.24) is 10.2 Å². The number of carbonyl (C=O) groups excluding carboxylic acids is 3. The van der Waals surface area contributed by atoms with Gasteiger partial charge in [0.15, 0.2) is 11.5 Å². The van der Waals surface area contributed by atoms with E-state index in [2.05, 4.69) is 10.1 Å². The summed E-state index contributed by atoms with van der Waals surface area (Å²) in [6.45, 7) is -2.51. The molecule has 31 heavy (non-hydrogen) atoms. The summed E-state index contributed by atoms with van der Waals surface area (Å²) in [6.07, 6.45) is 0.899. The van der Waals surface area contributed by atoms with Gasteiger partial charge in [-0.15, -0.1) is 0 Å². The lowest BCUT2D eigenvalue weighted by molar-refractivity contribution is -0.121. The number of ether oxygens (including phenoxy) is 2. The van der Waals surface area contributed by atoms with Crippen molar-refractivity contribution in [2.45, 2.75) is 25.9 Å². The van der Waals surface area contributed by atoms with Crippen molar-refractivity contribution in [2.75, 3.05) is 20.2 Å². The van der Waals surface area contributed by atoms with Gasteiger partial charge in [-0.3, -0.25) is 19.3 Å². The second-order valence-corrected chi connectivity index (χ2v) is 6.87. The Labute approximate surface area is 177 Å². The summed E-state index contributed by atoms with van der Waals surface area (Å²) in [5.74, 6) is -0.789. The molecule has 164 valence electrons. The smallest absolute Gasteiger partial charge is 0.387 e. The van der Waals surface area contributed by atoms with Crippen molar-refractivity contribution in [3.63, 3.8) is 0 Å². The third-order valence-corrected chi connectivity index (χ3v) is 4.84. The topological polar surface area (TPSA) is 84.9 Å². The molecule has 0 fully saturated rings. The quantitative estimate of drug-likeness (QED) is 0.584. The van der Waals surface area contributed by atoms with Crippen LogP contribution in [0.15, 0.2) is 42.5 Å². The number of alkyl halides is 2. The molecule has 2 aromatic rings. The zero-order chi connectivity index (χ0) is 22.4. The molecule has 0 radical (unpaired) electrons. The SMILES string of the molecule is COc1ccc(CCNC(=O)CCCN2C(=O)c3ccccc3C2=O)cc1OC(F)F. The van der Waals surface area contributed by atoms with Gasteiger partial charge in [0.1, 0.15) is 0 Å². The van der Waals surface area contributed by atoms with Crippen molar-refractivity contribution in [3.05, 3.63) is 59.2 Å². The summed E-state index contributed by atoms with van der Waals surface area (Å²) in [5.41, 5.74) is 1.46. The van der Waals surface area contributed by atoms with E-state index >= 15 is 0 Å². The molecular formula is C22H22F2N2O5. The number of nitrogens with one attached hydrogen (secondary N) is 1. The maximum Gasteiger partial charge on any atom is 0.387 e. The average molecular weight is 432 g/mol. The van der Waals surface area contributed by atoms with Crippen molar-refractivity contribution in [2.24, 2.45) is 0 Å². The van der Waals surface area contributed by atoms with Gasteiger partial charge in [-0.25, -0.2) is 0 Å². The molecule has 7 nitrogen and oxygen atoms in total. The molecule has 0 unspecified atom stereocenters. The Bertz CT molecular complexity index is 945. The van der Waals surface area contributed by atoms with Crippen LogP contribution in [-0.2, 0) is 11.2 Å². The van der Waals surface area contributed by atoms with Crippen LogP contribution in [0.5, 0.6) is 11.5 Å². The molecule has 3 rings (SSSR count). The van der Waals surface area contributed by atoms with E-state index in [0.29, 0.717) is 36.1 Å². The monoisotopic (exact) mass is 432 g/mol. The fourth-order valence-corrected chi connectivity index (χ4v) is 3.34. The third-order valence-electron chi connectivity index (χ3n) is 4.84. The van der Waals surface area contributed by atoms with Crippen molar-refractivity contribution in [1.29, 1.82) is 0 Å². The molecule has 0 aromatic heterocycles. The van der Waals surface area contributed by atoms with Crippen LogP contribution >= 0.6 is 0 Å². The van der Waals surface area contributed by atoms with Gasteiger partial charge in [-0.2, -0.15) is 8.78 Å². The molecule has 1 aliphatic rings. The van der Waals surface area contributed by atoms with Gasteiger partial charge in [0.25, 0.3) is 11.8 Å². The molecule has 0 aliphatic carbocycles. The Morgan fingerprint density at radius 3 is 2.35 bits per heavy atom. The molecule has 1 aliphatic heterocycles. The number of benzene rings is 2. The molecule has 1 N–H and O–H groups in total. The standard InChI is InChI=1S/C22H22F2N2O5/c1-30-17-9-8-14(13-18(17)31-22(23)24)10-11-25-19(27)7-4-12-26-20(28)15-5-2-3-6-16(15)21(26)29/h2-3,5-6,8-9,13,22H,4,7,10-12H2,1H3,(H,25,27). The Balaban J connectivity index is 1.42. The number of carbonyl (C=O) groups is 3. The van der Waals surface area contributed by atoms with Gasteiger partial charge in [-0.1, -0.05) is 18.2 Å². The second kappa shape index (κ2) is 10.0. The molecule has 0 saturated carbocycles. The van der Waals surface area contributed by atoms with Gasteiger partial charge in [0.2, 0.25) is 5.91 Å². The molecule has 0 atom stereocenters. The highest BCUT2D eigenvalue weighted by molar-refractivity contribution is 6.21. The largest absolute Gasteiger partial charge is 0.493 e. The highest BCUT2D eigenvalue weighted by atomic mass is 19.3. The van der Waals surface area contributed by atoms with E-state index in [1.165, 1.54) is 19.2 Å². The van der Waals surface area contributed by atoms with Gasteiger partial charge in [0.05, 0.1) is 18.2 Å². The number of methoxy groups -OCH3 is 1.